The molecular formula is C19H24F3N5O4. The Kier molecular flexibility index (Phi) is 6.98. The summed E-state index contributed by atoms with van der Waals surface area (Å²) >= 11 is 0. The van der Waals surface area contributed by atoms with Gasteiger partial charge in [0.15, 0.2) is 5.69 Å². The molecule has 0 aromatic carbocycles. The molecule has 1 saturated heterocycles. The van der Waals surface area contributed by atoms with Crippen molar-refractivity contribution >= 4 is 11.9 Å². The topological polar surface area (TPSA) is 105 Å². The van der Waals surface area contributed by atoms with Gasteiger partial charge in [-0.15, -0.1) is 0 Å². The van der Waals surface area contributed by atoms with Crippen molar-refractivity contribution in [3.8, 4) is 0 Å². The Morgan fingerprint density at radius 3 is 2.42 bits per heavy atom. The van der Waals surface area contributed by atoms with E-state index in [2.05, 4.69) is 19.6 Å². The normalized spacial score (nSPS) is 17.0. The summed E-state index contributed by atoms with van der Waals surface area (Å²) in [6.45, 7) is 7.26. The van der Waals surface area contributed by atoms with Crippen molar-refractivity contribution in [3.63, 3.8) is 0 Å². The fraction of sp³-hybridized carbons (Fsp3) is 0.579. The SMILES string of the molecule is Cc1cc(C(=O)N2CCc3ncc(CN4CCCC4)n3CC2)no1.O=C(O)C(F)(F)F. The molecule has 0 aliphatic carbocycles. The lowest BCUT2D eigenvalue weighted by Crippen LogP contribution is -2.34. The van der Waals surface area contributed by atoms with E-state index in [1.165, 1.54) is 31.6 Å². The number of rotatable bonds is 3. The Morgan fingerprint density at radius 2 is 1.84 bits per heavy atom. The molecule has 4 rings (SSSR count). The second-order valence-corrected chi connectivity index (χ2v) is 7.47. The van der Waals surface area contributed by atoms with Crippen molar-refractivity contribution in [3.05, 3.63) is 35.2 Å². The molecule has 0 saturated carbocycles. The average molecular weight is 443 g/mol. The maximum absolute atomic E-state index is 12.6. The fourth-order valence-electron chi connectivity index (χ4n) is 3.62. The van der Waals surface area contributed by atoms with Crippen LogP contribution in [0.25, 0.3) is 0 Å². The summed E-state index contributed by atoms with van der Waals surface area (Å²) in [5.41, 5.74) is 1.66. The number of aliphatic carboxylic acids is 1. The highest BCUT2D eigenvalue weighted by molar-refractivity contribution is 5.92. The third-order valence-electron chi connectivity index (χ3n) is 5.18. The number of carboxylic acid groups (broad SMARTS) is 1. The summed E-state index contributed by atoms with van der Waals surface area (Å²) in [7, 11) is 0. The minimum absolute atomic E-state index is 0.0568. The van der Waals surface area contributed by atoms with Crippen LogP contribution >= 0.6 is 0 Å². The van der Waals surface area contributed by atoms with Crippen LogP contribution in [0.4, 0.5) is 13.2 Å². The number of imidazole rings is 1. The summed E-state index contributed by atoms with van der Waals surface area (Å²) in [6, 6.07) is 1.70. The molecule has 2 aliphatic rings. The zero-order chi connectivity index (χ0) is 22.6. The first kappa shape index (κ1) is 22.8. The highest BCUT2D eigenvalue weighted by atomic mass is 19.4. The van der Waals surface area contributed by atoms with Gasteiger partial charge in [-0.3, -0.25) is 9.69 Å². The molecule has 2 aliphatic heterocycles. The quantitative estimate of drug-likeness (QED) is 0.775. The zero-order valence-corrected chi connectivity index (χ0v) is 17.1. The van der Waals surface area contributed by atoms with Crippen molar-refractivity contribution in [2.75, 3.05) is 26.2 Å². The van der Waals surface area contributed by atoms with E-state index in [1.807, 2.05) is 11.1 Å². The number of likely N-dealkylation sites (tertiary alicyclic amines) is 1. The van der Waals surface area contributed by atoms with Crippen LogP contribution in [0, 0.1) is 6.92 Å². The van der Waals surface area contributed by atoms with Gasteiger partial charge in [0, 0.05) is 44.9 Å². The van der Waals surface area contributed by atoms with E-state index in [4.69, 9.17) is 14.4 Å². The van der Waals surface area contributed by atoms with Gasteiger partial charge in [0.2, 0.25) is 0 Å². The van der Waals surface area contributed by atoms with Gasteiger partial charge < -0.3 is 19.1 Å². The lowest BCUT2D eigenvalue weighted by atomic mass is 10.3. The molecule has 2 aromatic heterocycles. The summed E-state index contributed by atoms with van der Waals surface area (Å²) in [6.07, 6.45) is 0.287. The number of alkyl halides is 3. The summed E-state index contributed by atoms with van der Waals surface area (Å²) in [4.78, 5) is 30.4. The molecule has 0 atom stereocenters. The van der Waals surface area contributed by atoms with Crippen molar-refractivity contribution in [1.82, 2.24) is 24.5 Å². The second kappa shape index (κ2) is 9.50. The number of hydrogen-bond donors (Lipinski definition) is 1. The van der Waals surface area contributed by atoms with Gasteiger partial charge in [-0.05, 0) is 32.9 Å². The van der Waals surface area contributed by atoms with E-state index >= 15 is 0 Å². The van der Waals surface area contributed by atoms with Crippen molar-refractivity contribution in [2.24, 2.45) is 0 Å². The molecule has 1 fully saturated rings. The monoisotopic (exact) mass is 443 g/mol. The third kappa shape index (κ3) is 5.84. The first-order valence-electron chi connectivity index (χ1n) is 9.93. The van der Waals surface area contributed by atoms with Crippen LogP contribution < -0.4 is 0 Å². The molecule has 0 unspecified atom stereocenters. The maximum atomic E-state index is 12.6. The predicted octanol–water partition coefficient (Wildman–Crippen LogP) is 2.11. The number of aryl methyl sites for hydroxylation is 1. The van der Waals surface area contributed by atoms with Gasteiger partial charge >= 0.3 is 12.1 Å². The number of amides is 1. The number of fused-ring (bicyclic) bond motifs is 1. The van der Waals surface area contributed by atoms with Gasteiger partial charge in [0.25, 0.3) is 5.91 Å². The molecule has 1 amide bonds. The predicted molar refractivity (Wildman–Crippen MR) is 101 cm³/mol. The number of aromatic nitrogens is 3. The van der Waals surface area contributed by atoms with E-state index in [9.17, 15) is 18.0 Å². The van der Waals surface area contributed by atoms with E-state index in [0.717, 1.165) is 25.3 Å². The van der Waals surface area contributed by atoms with Crippen molar-refractivity contribution in [1.29, 1.82) is 0 Å². The summed E-state index contributed by atoms with van der Waals surface area (Å²) in [5.74, 6) is -1.07. The lowest BCUT2D eigenvalue weighted by molar-refractivity contribution is -0.192. The number of carboxylic acids is 1. The molecular weight excluding hydrogens is 419 g/mol. The molecule has 2 aromatic rings. The molecule has 12 heteroatoms. The first-order valence-corrected chi connectivity index (χ1v) is 9.93. The van der Waals surface area contributed by atoms with Crippen LogP contribution in [-0.4, -0.2) is 73.8 Å². The van der Waals surface area contributed by atoms with Crippen LogP contribution in [0.5, 0.6) is 0 Å². The second-order valence-electron chi connectivity index (χ2n) is 7.47. The van der Waals surface area contributed by atoms with E-state index in [0.29, 0.717) is 24.5 Å². The van der Waals surface area contributed by atoms with Crippen LogP contribution in [0.1, 0.15) is 40.6 Å². The molecule has 4 heterocycles. The Hall–Kier alpha value is -2.89. The number of carbonyl (C=O) groups is 2. The molecule has 0 spiro atoms. The Labute approximate surface area is 176 Å². The fourth-order valence-corrected chi connectivity index (χ4v) is 3.62. The van der Waals surface area contributed by atoms with Crippen LogP contribution in [0.2, 0.25) is 0 Å². The average Bonchev–Trinajstić information content (AvgIpc) is 3.42. The molecule has 9 nitrogen and oxygen atoms in total. The van der Waals surface area contributed by atoms with Gasteiger partial charge in [-0.2, -0.15) is 13.2 Å². The minimum Gasteiger partial charge on any atom is -0.475 e. The largest absolute Gasteiger partial charge is 0.490 e. The van der Waals surface area contributed by atoms with E-state index < -0.39 is 12.1 Å². The molecule has 0 radical (unpaired) electrons. The van der Waals surface area contributed by atoms with Crippen LogP contribution in [0.15, 0.2) is 16.8 Å². The third-order valence-corrected chi connectivity index (χ3v) is 5.18. The number of carbonyl (C=O) groups excluding carboxylic acids is 1. The molecule has 170 valence electrons. The van der Waals surface area contributed by atoms with E-state index in [1.54, 1.807) is 13.0 Å². The summed E-state index contributed by atoms with van der Waals surface area (Å²) < 4.78 is 39.1. The van der Waals surface area contributed by atoms with E-state index in [-0.39, 0.29) is 5.91 Å². The Balaban J connectivity index is 0.000000339. The van der Waals surface area contributed by atoms with Crippen LogP contribution in [-0.2, 0) is 24.3 Å². The van der Waals surface area contributed by atoms with Crippen LogP contribution in [0.3, 0.4) is 0 Å². The molecule has 0 bridgehead atoms. The van der Waals surface area contributed by atoms with Gasteiger partial charge in [-0.25, -0.2) is 9.78 Å². The lowest BCUT2D eigenvalue weighted by Gasteiger charge is -2.19. The first-order chi connectivity index (χ1) is 14.6. The van der Waals surface area contributed by atoms with Gasteiger partial charge in [-0.1, -0.05) is 5.16 Å². The number of halogens is 3. The summed E-state index contributed by atoms with van der Waals surface area (Å²) in [5, 5.41) is 11.0. The molecule has 31 heavy (non-hydrogen) atoms. The Morgan fingerprint density at radius 1 is 1.16 bits per heavy atom. The molecule has 1 N–H and O–H groups in total. The smallest absolute Gasteiger partial charge is 0.475 e. The highest BCUT2D eigenvalue weighted by Gasteiger charge is 2.38. The number of nitrogens with zero attached hydrogens (tertiary/aromatic N) is 5. The van der Waals surface area contributed by atoms with Crippen molar-refractivity contribution < 1.29 is 32.4 Å². The van der Waals surface area contributed by atoms with Gasteiger partial charge in [0.05, 0.1) is 5.69 Å². The highest BCUT2D eigenvalue weighted by Crippen LogP contribution is 2.18. The van der Waals surface area contributed by atoms with Gasteiger partial charge in [0.1, 0.15) is 11.6 Å². The van der Waals surface area contributed by atoms with Crippen molar-refractivity contribution in [2.45, 2.75) is 45.5 Å². The standard InChI is InChI=1S/C17H23N5O2.C2HF3O2/c1-13-10-15(19-24-13)17(23)21-7-4-16-18-11-14(22(16)9-8-21)12-20-5-2-3-6-20;3-2(4,5)1(6)7/h10-11H,2-9,12H2,1H3;(H,6,7). The number of hydrogen-bond acceptors (Lipinski definition) is 6. The zero-order valence-electron chi connectivity index (χ0n) is 17.1. The minimum atomic E-state index is -5.08. The Bertz CT molecular complexity index is 918. The maximum Gasteiger partial charge on any atom is 0.490 e.